The van der Waals surface area contributed by atoms with Crippen LogP contribution in [-0.4, -0.2) is 32.7 Å². The molecule has 5 heteroatoms. The van der Waals surface area contributed by atoms with Crippen molar-refractivity contribution in [2.45, 2.75) is 6.92 Å². The highest BCUT2D eigenvalue weighted by molar-refractivity contribution is 6.07. The molecule has 3 rings (SSSR count). The second-order valence-corrected chi connectivity index (χ2v) is 5.40. The zero-order chi connectivity index (χ0) is 17.6. The second-order valence-electron chi connectivity index (χ2n) is 5.40. The molecule has 0 N–H and O–H groups in total. The van der Waals surface area contributed by atoms with Crippen LogP contribution in [0.4, 0.5) is 0 Å². The predicted octanol–water partition coefficient (Wildman–Crippen LogP) is 3.76. The number of fused-ring (bicyclic) bond motifs is 1. The fraction of sp³-hybridized carbons (Fsp3) is 0.250. The third kappa shape index (κ3) is 3.94. The van der Waals surface area contributed by atoms with Gasteiger partial charge in [-0.3, -0.25) is 4.79 Å². The van der Waals surface area contributed by atoms with Crippen LogP contribution in [0.2, 0.25) is 0 Å². The molecular weight excluding hydrogens is 320 g/mol. The highest BCUT2D eigenvalue weighted by Gasteiger charge is 2.13. The Morgan fingerprint density at radius 2 is 1.88 bits per heavy atom. The highest BCUT2D eigenvalue weighted by Crippen LogP contribution is 2.31. The first-order valence-electron chi connectivity index (χ1n) is 8.14. The van der Waals surface area contributed by atoms with E-state index in [-0.39, 0.29) is 5.78 Å². The first-order valence-corrected chi connectivity index (χ1v) is 8.14. The third-order valence-corrected chi connectivity index (χ3v) is 3.74. The molecule has 0 unspecified atom stereocenters. The van der Waals surface area contributed by atoms with E-state index >= 15 is 0 Å². The third-order valence-electron chi connectivity index (χ3n) is 3.74. The maximum Gasteiger partial charge on any atom is 0.185 e. The first kappa shape index (κ1) is 16.9. The number of methoxy groups -OCH3 is 1. The van der Waals surface area contributed by atoms with Crippen LogP contribution >= 0.6 is 0 Å². The number of carbonyl (C=O) groups excluding carboxylic acids is 1. The molecule has 2 aromatic rings. The van der Waals surface area contributed by atoms with E-state index in [1.807, 2.05) is 25.1 Å². The smallest absolute Gasteiger partial charge is 0.185 e. The van der Waals surface area contributed by atoms with Crippen molar-refractivity contribution in [3.8, 4) is 23.0 Å². The van der Waals surface area contributed by atoms with Crippen LogP contribution in [0.25, 0.3) is 6.08 Å². The van der Waals surface area contributed by atoms with E-state index in [2.05, 4.69) is 0 Å². The molecule has 0 amide bonds. The van der Waals surface area contributed by atoms with Gasteiger partial charge < -0.3 is 18.9 Å². The lowest BCUT2D eigenvalue weighted by atomic mass is 10.1. The number of hydrogen-bond donors (Lipinski definition) is 0. The first-order chi connectivity index (χ1) is 12.2. The zero-order valence-electron chi connectivity index (χ0n) is 14.3. The molecule has 0 bridgehead atoms. The van der Waals surface area contributed by atoms with E-state index in [1.165, 1.54) is 6.08 Å². The number of hydrogen-bond acceptors (Lipinski definition) is 5. The number of carbonyl (C=O) groups is 1. The molecular formula is C20H20O5. The molecule has 0 radical (unpaired) electrons. The topological polar surface area (TPSA) is 54.0 Å². The molecule has 0 spiro atoms. The van der Waals surface area contributed by atoms with Crippen LogP contribution in [0, 0.1) is 0 Å². The number of ketones is 1. The Kier molecular flexibility index (Phi) is 5.23. The number of ether oxygens (including phenoxy) is 4. The largest absolute Gasteiger partial charge is 0.493 e. The molecule has 0 atom stereocenters. The van der Waals surface area contributed by atoms with E-state index < -0.39 is 0 Å². The molecule has 2 aromatic carbocycles. The van der Waals surface area contributed by atoms with Crippen LogP contribution in [0.3, 0.4) is 0 Å². The standard InChI is InChI=1S/C20H20O5/c1-3-23-19-12-14(5-8-17(19)22-2)4-7-16(21)15-6-9-18-20(13-15)25-11-10-24-18/h4-9,12-13H,3,10-11H2,1-2H3/b7-4+. The fourth-order valence-corrected chi connectivity index (χ4v) is 2.53. The number of benzene rings is 2. The Hall–Kier alpha value is -2.95. The van der Waals surface area contributed by atoms with Gasteiger partial charge in [0.1, 0.15) is 13.2 Å². The van der Waals surface area contributed by atoms with Crippen molar-refractivity contribution in [3.05, 3.63) is 53.6 Å². The van der Waals surface area contributed by atoms with Gasteiger partial charge >= 0.3 is 0 Å². The van der Waals surface area contributed by atoms with Gasteiger partial charge in [0.2, 0.25) is 0 Å². The van der Waals surface area contributed by atoms with Crippen LogP contribution < -0.4 is 18.9 Å². The lowest BCUT2D eigenvalue weighted by Crippen LogP contribution is -2.15. The Bertz CT molecular complexity index is 795. The Morgan fingerprint density at radius 3 is 2.64 bits per heavy atom. The molecule has 1 aliphatic rings. The average molecular weight is 340 g/mol. The monoisotopic (exact) mass is 340 g/mol. The van der Waals surface area contributed by atoms with E-state index in [1.54, 1.807) is 31.4 Å². The Balaban J connectivity index is 1.77. The summed E-state index contributed by atoms with van der Waals surface area (Å²) in [6.45, 7) is 3.47. The molecule has 0 aromatic heterocycles. The predicted molar refractivity (Wildman–Crippen MR) is 95.0 cm³/mol. The molecule has 1 aliphatic heterocycles. The van der Waals surface area contributed by atoms with E-state index in [0.29, 0.717) is 48.4 Å². The summed E-state index contributed by atoms with van der Waals surface area (Å²) in [5, 5.41) is 0. The number of allylic oxidation sites excluding steroid dienone is 1. The van der Waals surface area contributed by atoms with Crippen molar-refractivity contribution in [2.24, 2.45) is 0 Å². The van der Waals surface area contributed by atoms with Gasteiger partial charge in [-0.05, 0) is 48.9 Å². The lowest BCUT2D eigenvalue weighted by molar-refractivity contribution is 0.104. The average Bonchev–Trinajstić information content (AvgIpc) is 2.66. The summed E-state index contributed by atoms with van der Waals surface area (Å²) >= 11 is 0. The summed E-state index contributed by atoms with van der Waals surface area (Å²) in [5.74, 6) is 2.48. The summed E-state index contributed by atoms with van der Waals surface area (Å²) in [5.41, 5.74) is 1.41. The van der Waals surface area contributed by atoms with Crippen molar-refractivity contribution in [1.29, 1.82) is 0 Å². The highest BCUT2D eigenvalue weighted by atomic mass is 16.6. The van der Waals surface area contributed by atoms with Gasteiger partial charge in [0.15, 0.2) is 28.8 Å². The summed E-state index contributed by atoms with van der Waals surface area (Å²) in [6.07, 6.45) is 3.28. The van der Waals surface area contributed by atoms with Crippen molar-refractivity contribution >= 4 is 11.9 Å². The van der Waals surface area contributed by atoms with Gasteiger partial charge in [-0.1, -0.05) is 12.1 Å². The van der Waals surface area contributed by atoms with Crippen LogP contribution in [0.5, 0.6) is 23.0 Å². The molecule has 130 valence electrons. The molecule has 0 aliphatic carbocycles. The lowest BCUT2D eigenvalue weighted by Gasteiger charge is -2.18. The Morgan fingerprint density at radius 1 is 1.08 bits per heavy atom. The molecule has 25 heavy (non-hydrogen) atoms. The zero-order valence-corrected chi connectivity index (χ0v) is 14.3. The van der Waals surface area contributed by atoms with Crippen molar-refractivity contribution in [3.63, 3.8) is 0 Å². The summed E-state index contributed by atoms with van der Waals surface area (Å²) < 4.78 is 21.8. The molecule has 5 nitrogen and oxygen atoms in total. The van der Waals surface area contributed by atoms with E-state index in [4.69, 9.17) is 18.9 Å². The summed E-state index contributed by atoms with van der Waals surface area (Å²) in [6, 6.07) is 10.7. The minimum atomic E-state index is -0.106. The van der Waals surface area contributed by atoms with Gasteiger partial charge in [0.05, 0.1) is 13.7 Å². The van der Waals surface area contributed by atoms with Gasteiger partial charge in [-0.15, -0.1) is 0 Å². The summed E-state index contributed by atoms with van der Waals surface area (Å²) in [7, 11) is 1.60. The van der Waals surface area contributed by atoms with Gasteiger partial charge in [0.25, 0.3) is 0 Å². The quantitative estimate of drug-likeness (QED) is 0.592. The minimum Gasteiger partial charge on any atom is -0.493 e. The summed E-state index contributed by atoms with van der Waals surface area (Å²) in [4.78, 5) is 12.4. The van der Waals surface area contributed by atoms with Crippen LogP contribution in [0.15, 0.2) is 42.5 Å². The number of rotatable bonds is 6. The molecule has 1 heterocycles. The molecule has 0 saturated carbocycles. The van der Waals surface area contributed by atoms with Crippen LogP contribution in [-0.2, 0) is 0 Å². The molecule has 0 fully saturated rings. The van der Waals surface area contributed by atoms with Crippen molar-refractivity contribution < 1.29 is 23.7 Å². The molecule has 0 saturated heterocycles. The Labute approximate surface area is 146 Å². The van der Waals surface area contributed by atoms with E-state index in [0.717, 1.165) is 5.56 Å². The SMILES string of the molecule is CCOc1cc(/C=C/C(=O)c2ccc3c(c2)OCCO3)ccc1OC. The van der Waals surface area contributed by atoms with E-state index in [9.17, 15) is 4.79 Å². The van der Waals surface area contributed by atoms with Gasteiger partial charge in [-0.25, -0.2) is 0 Å². The maximum atomic E-state index is 12.4. The van der Waals surface area contributed by atoms with Gasteiger partial charge in [0, 0.05) is 5.56 Å². The normalized spacial score (nSPS) is 12.9. The maximum absolute atomic E-state index is 12.4. The fourth-order valence-electron chi connectivity index (χ4n) is 2.53. The van der Waals surface area contributed by atoms with Crippen LogP contribution in [0.1, 0.15) is 22.8 Å². The second kappa shape index (κ2) is 7.75. The van der Waals surface area contributed by atoms with Crippen molar-refractivity contribution in [2.75, 3.05) is 26.9 Å². The van der Waals surface area contributed by atoms with Crippen molar-refractivity contribution in [1.82, 2.24) is 0 Å². The minimum absolute atomic E-state index is 0.106. The van der Waals surface area contributed by atoms with Gasteiger partial charge in [-0.2, -0.15) is 0 Å².